The largest absolute Gasteiger partial charge is 0.465 e. The maximum absolute atomic E-state index is 11.6. The first-order valence-corrected chi connectivity index (χ1v) is 7.12. The van der Waals surface area contributed by atoms with Crippen LogP contribution in [0.25, 0.3) is 0 Å². The first-order valence-electron chi connectivity index (χ1n) is 7.12. The summed E-state index contributed by atoms with van der Waals surface area (Å²) in [5.74, 6) is 0.350. The highest BCUT2D eigenvalue weighted by Gasteiger charge is 2.06. The summed E-state index contributed by atoms with van der Waals surface area (Å²) in [6, 6.07) is 9.67. The Kier molecular flexibility index (Phi) is 7.41. The van der Waals surface area contributed by atoms with Crippen LogP contribution in [0.2, 0.25) is 0 Å². The summed E-state index contributed by atoms with van der Waals surface area (Å²) in [7, 11) is 0. The molecule has 0 saturated heterocycles. The molecule has 0 fully saturated rings. The average Bonchev–Trinajstić information content (AvgIpc) is 2.44. The van der Waals surface area contributed by atoms with E-state index >= 15 is 0 Å². The number of rotatable bonds is 8. The maximum Gasteiger partial charge on any atom is 0.310 e. The fourth-order valence-corrected chi connectivity index (χ4v) is 1.97. The van der Waals surface area contributed by atoms with Gasteiger partial charge in [0.05, 0.1) is 13.0 Å². The zero-order valence-electron chi connectivity index (χ0n) is 12.5. The van der Waals surface area contributed by atoms with Crippen LogP contribution in [-0.4, -0.2) is 12.6 Å². The van der Waals surface area contributed by atoms with E-state index in [1.165, 1.54) is 5.57 Å². The third-order valence-corrected chi connectivity index (χ3v) is 3.39. The number of esters is 1. The van der Waals surface area contributed by atoms with Crippen LogP contribution in [0.5, 0.6) is 0 Å². The van der Waals surface area contributed by atoms with Gasteiger partial charge in [-0.1, -0.05) is 61.6 Å². The van der Waals surface area contributed by atoms with Crippen LogP contribution in [0.1, 0.15) is 32.3 Å². The van der Waals surface area contributed by atoms with Crippen LogP contribution in [-0.2, 0) is 16.0 Å². The molecule has 1 aromatic carbocycles. The van der Waals surface area contributed by atoms with E-state index in [1.807, 2.05) is 42.5 Å². The molecular formula is C18H24O2. The van der Waals surface area contributed by atoms with E-state index in [-0.39, 0.29) is 5.97 Å². The summed E-state index contributed by atoms with van der Waals surface area (Å²) in [5.41, 5.74) is 2.31. The molecule has 0 saturated carbocycles. The first kappa shape index (κ1) is 16.2. The second-order valence-corrected chi connectivity index (χ2v) is 5.07. The van der Waals surface area contributed by atoms with Gasteiger partial charge in [-0.15, -0.1) is 0 Å². The van der Waals surface area contributed by atoms with E-state index in [9.17, 15) is 4.79 Å². The Morgan fingerprint density at radius 3 is 2.70 bits per heavy atom. The minimum absolute atomic E-state index is 0.151. The van der Waals surface area contributed by atoms with Crippen molar-refractivity contribution in [2.24, 2.45) is 5.92 Å². The summed E-state index contributed by atoms with van der Waals surface area (Å²) in [5, 5.41) is 0. The molecule has 20 heavy (non-hydrogen) atoms. The van der Waals surface area contributed by atoms with Gasteiger partial charge in [-0.25, -0.2) is 0 Å². The van der Waals surface area contributed by atoms with Crippen molar-refractivity contribution in [2.45, 2.75) is 33.1 Å². The molecule has 2 heteroatoms. The molecule has 1 rings (SSSR count). The average molecular weight is 272 g/mol. The fraction of sp³-hybridized carbons (Fsp3) is 0.389. The Morgan fingerprint density at radius 2 is 2.05 bits per heavy atom. The number of benzene rings is 1. The van der Waals surface area contributed by atoms with E-state index < -0.39 is 0 Å². The lowest BCUT2D eigenvalue weighted by Crippen LogP contribution is -2.10. The quantitative estimate of drug-likeness (QED) is 0.400. The molecule has 0 spiro atoms. The van der Waals surface area contributed by atoms with Gasteiger partial charge in [0, 0.05) is 0 Å². The van der Waals surface area contributed by atoms with Crippen molar-refractivity contribution in [1.82, 2.24) is 0 Å². The Bertz CT molecular complexity index is 446. The van der Waals surface area contributed by atoms with Gasteiger partial charge in [0.1, 0.15) is 0 Å². The number of hydrogen-bond acceptors (Lipinski definition) is 2. The minimum Gasteiger partial charge on any atom is -0.465 e. The summed E-state index contributed by atoms with van der Waals surface area (Å²) in [6.45, 7) is 8.48. The van der Waals surface area contributed by atoms with Gasteiger partial charge in [0.25, 0.3) is 0 Å². The second kappa shape index (κ2) is 9.13. The van der Waals surface area contributed by atoms with Gasteiger partial charge in [-0.2, -0.15) is 0 Å². The molecule has 1 atom stereocenters. The Labute approximate surface area is 122 Å². The van der Waals surface area contributed by atoms with Gasteiger partial charge in [0.15, 0.2) is 0 Å². The monoisotopic (exact) mass is 272 g/mol. The molecule has 0 N–H and O–H groups in total. The van der Waals surface area contributed by atoms with Crippen LogP contribution >= 0.6 is 0 Å². The number of carbonyl (C=O) groups is 1. The fourth-order valence-electron chi connectivity index (χ4n) is 1.97. The minimum atomic E-state index is -0.151. The van der Waals surface area contributed by atoms with E-state index in [0.29, 0.717) is 18.9 Å². The van der Waals surface area contributed by atoms with Crippen LogP contribution in [0.15, 0.2) is 54.6 Å². The Hall–Kier alpha value is -1.83. The van der Waals surface area contributed by atoms with E-state index in [0.717, 1.165) is 18.4 Å². The van der Waals surface area contributed by atoms with Crippen molar-refractivity contribution in [3.05, 3.63) is 60.2 Å². The lowest BCUT2D eigenvalue weighted by atomic mass is 9.97. The summed E-state index contributed by atoms with van der Waals surface area (Å²) < 4.78 is 5.26. The zero-order valence-corrected chi connectivity index (χ0v) is 12.5. The number of allylic oxidation sites excluding steroid dienone is 3. The van der Waals surface area contributed by atoms with E-state index in [1.54, 1.807) is 0 Å². The van der Waals surface area contributed by atoms with Gasteiger partial charge in [-0.05, 0) is 31.2 Å². The van der Waals surface area contributed by atoms with Crippen molar-refractivity contribution in [1.29, 1.82) is 0 Å². The highest BCUT2D eigenvalue weighted by atomic mass is 16.5. The number of carbonyl (C=O) groups excluding carboxylic acids is 1. The van der Waals surface area contributed by atoms with Crippen molar-refractivity contribution >= 4 is 5.97 Å². The molecule has 0 aliphatic heterocycles. The Balaban J connectivity index is 2.19. The van der Waals surface area contributed by atoms with Crippen molar-refractivity contribution in [3.8, 4) is 0 Å². The third-order valence-electron chi connectivity index (χ3n) is 3.39. The van der Waals surface area contributed by atoms with Crippen LogP contribution in [0, 0.1) is 5.92 Å². The molecule has 0 aliphatic carbocycles. The maximum atomic E-state index is 11.6. The molecule has 0 heterocycles. The lowest BCUT2D eigenvalue weighted by Gasteiger charge is -2.11. The van der Waals surface area contributed by atoms with Gasteiger partial charge in [-0.3, -0.25) is 4.79 Å². The van der Waals surface area contributed by atoms with Crippen LogP contribution < -0.4 is 0 Å². The number of ether oxygens (including phenoxy) is 1. The lowest BCUT2D eigenvalue weighted by molar-refractivity contribution is -0.143. The van der Waals surface area contributed by atoms with Gasteiger partial charge in [0.2, 0.25) is 0 Å². The summed E-state index contributed by atoms with van der Waals surface area (Å²) in [6.07, 6.45) is 6.11. The first-order chi connectivity index (χ1) is 9.63. The zero-order chi connectivity index (χ0) is 14.8. The molecule has 0 aromatic heterocycles. The molecule has 108 valence electrons. The normalized spacial score (nSPS) is 12.8. The van der Waals surface area contributed by atoms with Gasteiger partial charge >= 0.3 is 5.97 Å². The molecule has 1 unspecified atom stereocenters. The van der Waals surface area contributed by atoms with Gasteiger partial charge < -0.3 is 4.74 Å². The van der Waals surface area contributed by atoms with E-state index in [4.69, 9.17) is 4.74 Å². The van der Waals surface area contributed by atoms with E-state index in [2.05, 4.69) is 20.4 Å². The molecule has 0 radical (unpaired) electrons. The van der Waals surface area contributed by atoms with Crippen molar-refractivity contribution in [3.63, 3.8) is 0 Å². The van der Waals surface area contributed by atoms with Crippen molar-refractivity contribution in [2.75, 3.05) is 6.61 Å². The number of hydrogen-bond donors (Lipinski definition) is 0. The summed E-state index contributed by atoms with van der Waals surface area (Å²) >= 11 is 0. The highest BCUT2D eigenvalue weighted by Crippen LogP contribution is 2.16. The molecule has 0 bridgehead atoms. The second-order valence-electron chi connectivity index (χ2n) is 5.07. The molecule has 0 amide bonds. The summed E-state index contributed by atoms with van der Waals surface area (Å²) in [4.78, 5) is 11.6. The van der Waals surface area contributed by atoms with Crippen LogP contribution in [0.3, 0.4) is 0 Å². The predicted octanol–water partition coefficient (Wildman–Crippen LogP) is 4.32. The SMILES string of the molecule is C=C/C=C(\C)C(C)CCCOC(=O)Cc1ccccc1. The predicted molar refractivity (Wildman–Crippen MR) is 83.5 cm³/mol. The molecule has 0 aliphatic rings. The molecular weight excluding hydrogens is 248 g/mol. The highest BCUT2D eigenvalue weighted by molar-refractivity contribution is 5.72. The molecule has 1 aromatic rings. The molecule has 2 nitrogen and oxygen atoms in total. The topological polar surface area (TPSA) is 26.3 Å². The third kappa shape index (κ3) is 6.37. The smallest absolute Gasteiger partial charge is 0.310 e. The van der Waals surface area contributed by atoms with Crippen molar-refractivity contribution < 1.29 is 9.53 Å². The standard InChI is InChI=1S/C18H24O2/c1-4-9-15(2)16(3)10-8-13-20-18(19)14-17-11-6-5-7-12-17/h4-7,9,11-12,16H,1,8,10,13-14H2,2-3H3/b15-9+. The van der Waals surface area contributed by atoms with Crippen LogP contribution in [0.4, 0.5) is 0 Å². The Morgan fingerprint density at radius 1 is 1.35 bits per heavy atom.